The molecule has 20 heavy (non-hydrogen) atoms. The summed E-state index contributed by atoms with van der Waals surface area (Å²) in [6, 6.07) is 11.9. The molecule has 0 aliphatic carbocycles. The Morgan fingerprint density at radius 2 is 2.00 bits per heavy atom. The van der Waals surface area contributed by atoms with Crippen molar-refractivity contribution in [1.82, 2.24) is 9.88 Å². The molecule has 0 radical (unpaired) electrons. The van der Waals surface area contributed by atoms with E-state index in [9.17, 15) is 0 Å². The number of aryl methyl sites for hydroxylation is 1. The van der Waals surface area contributed by atoms with Crippen molar-refractivity contribution in [1.29, 1.82) is 0 Å². The van der Waals surface area contributed by atoms with Crippen molar-refractivity contribution in [3.8, 4) is 0 Å². The summed E-state index contributed by atoms with van der Waals surface area (Å²) in [5.74, 6) is 0. The molecule has 0 aliphatic rings. The van der Waals surface area contributed by atoms with Crippen LogP contribution in [0.15, 0.2) is 36.4 Å². The van der Waals surface area contributed by atoms with E-state index in [1.807, 2.05) is 37.3 Å². The smallest absolute Gasteiger partial charge is 0.0638 e. The van der Waals surface area contributed by atoms with Crippen LogP contribution in [-0.4, -0.2) is 16.4 Å². The number of hydrogen-bond acceptors (Lipinski definition) is 3. The molecule has 4 heteroatoms. The van der Waals surface area contributed by atoms with Crippen molar-refractivity contribution in [3.05, 3.63) is 58.4 Å². The van der Waals surface area contributed by atoms with Crippen LogP contribution in [0.5, 0.6) is 0 Å². The molecule has 0 amide bonds. The molecule has 2 aromatic rings. The second kappa shape index (κ2) is 6.73. The van der Waals surface area contributed by atoms with E-state index < -0.39 is 0 Å². The minimum absolute atomic E-state index is 0.618. The predicted octanol–water partition coefficient (Wildman–Crippen LogP) is 3.65. The van der Waals surface area contributed by atoms with Crippen molar-refractivity contribution < 1.29 is 0 Å². The highest BCUT2D eigenvalue weighted by molar-refractivity contribution is 6.33. The number of anilines is 1. The van der Waals surface area contributed by atoms with Crippen LogP contribution >= 0.6 is 11.6 Å². The fraction of sp³-hybridized carbons (Fsp3) is 0.312. The van der Waals surface area contributed by atoms with Gasteiger partial charge in [-0.25, -0.2) is 0 Å². The van der Waals surface area contributed by atoms with Gasteiger partial charge in [0.2, 0.25) is 0 Å². The fourth-order valence-electron chi connectivity index (χ4n) is 2.12. The molecule has 1 heterocycles. The highest BCUT2D eigenvalue weighted by Gasteiger charge is 2.07. The highest BCUT2D eigenvalue weighted by atomic mass is 35.5. The van der Waals surface area contributed by atoms with E-state index in [1.54, 1.807) is 0 Å². The Hall–Kier alpha value is -1.58. The van der Waals surface area contributed by atoms with Gasteiger partial charge in [0.15, 0.2) is 0 Å². The number of rotatable bonds is 5. The summed E-state index contributed by atoms with van der Waals surface area (Å²) in [6.07, 6.45) is 0. The average Bonchev–Trinajstić information content (AvgIpc) is 2.42. The molecule has 2 rings (SSSR count). The lowest BCUT2D eigenvalue weighted by Crippen LogP contribution is -2.23. The quantitative estimate of drug-likeness (QED) is 0.855. The molecule has 0 bridgehead atoms. The van der Waals surface area contributed by atoms with Gasteiger partial charge < -0.3 is 5.73 Å². The zero-order valence-electron chi connectivity index (χ0n) is 11.9. The molecule has 1 aromatic heterocycles. The Balaban J connectivity index is 2.07. The highest BCUT2D eigenvalue weighted by Crippen LogP contribution is 2.21. The zero-order valence-corrected chi connectivity index (χ0v) is 12.7. The van der Waals surface area contributed by atoms with Crippen LogP contribution in [0.2, 0.25) is 5.02 Å². The van der Waals surface area contributed by atoms with Crippen molar-refractivity contribution >= 4 is 17.3 Å². The van der Waals surface area contributed by atoms with Gasteiger partial charge in [0.05, 0.1) is 16.4 Å². The molecular formula is C16H20ClN3. The van der Waals surface area contributed by atoms with Gasteiger partial charge in [-0.3, -0.25) is 9.88 Å². The van der Waals surface area contributed by atoms with Gasteiger partial charge >= 0.3 is 0 Å². The Bertz CT molecular complexity index is 584. The van der Waals surface area contributed by atoms with Crippen molar-refractivity contribution in [2.45, 2.75) is 26.9 Å². The van der Waals surface area contributed by atoms with Gasteiger partial charge in [0, 0.05) is 18.8 Å². The predicted molar refractivity (Wildman–Crippen MR) is 84.6 cm³/mol. The summed E-state index contributed by atoms with van der Waals surface area (Å²) in [6.45, 7) is 6.79. The first-order valence-electron chi connectivity index (χ1n) is 6.77. The van der Waals surface area contributed by atoms with Crippen LogP contribution in [0.25, 0.3) is 0 Å². The van der Waals surface area contributed by atoms with Crippen LogP contribution in [0.4, 0.5) is 5.69 Å². The number of aromatic nitrogens is 1. The van der Waals surface area contributed by atoms with Crippen molar-refractivity contribution in [2.75, 3.05) is 12.3 Å². The van der Waals surface area contributed by atoms with E-state index in [0.717, 1.165) is 31.0 Å². The van der Waals surface area contributed by atoms with E-state index in [-0.39, 0.29) is 0 Å². The molecule has 0 saturated heterocycles. The van der Waals surface area contributed by atoms with Crippen LogP contribution in [0, 0.1) is 6.92 Å². The molecule has 2 N–H and O–H groups in total. The molecule has 1 aromatic carbocycles. The normalized spacial score (nSPS) is 11.0. The third-order valence-corrected chi connectivity index (χ3v) is 3.58. The van der Waals surface area contributed by atoms with Crippen LogP contribution < -0.4 is 5.73 Å². The summed E-state index contributed by atoms with van der Waals surface area (Å²) in [4.78, 5) is 6.87. The maximum absolute atomic E-state index is 6.07. The summed E-state index contributed by atoms with van der Waals surface area (Å²) in [7, 11) is 0. The molecular weight excluding hydrogens is 270 g/mol. The number of benzene rings is 1. The molecule has 0 saturated carbocycles. The van der Waals surface area contributed by atoms with Gasteiger partial charge in [0.25, 0.3) is 0 Å². The van der Waals surface area contributed by atoms with Crippen LogP contribution in [0.1, 0.15) is 23.9 Å². The lowest BCUT2D eigenvalue weighted by molar-refractivity contribution is 0.268. The third kappa shape index (κ3) is 3.95. The van der Waals surface area contributed by atoms with Crippen molar-refractivity contribution in [2.24, 2.45) is 0 Å². The number of nitrogens with two attached hydrogens (primary N) is 1. The lowest BCUT2D eigenvalue weighted by atomic mass is 10.2. The minimum Gasteiger partial charge on any atom is -0.398 e. The Morgan fingerprint density at radius 1 is 1.20 bits per heavy atom. The van der Waals surface area contributed by atoms with Gasteiger partial charge in [0.1, 0.15) is 0 Å². The Kier molecular flexibility index (Phi) is 4.99. The van der Waals surface area contributed by atoms with E-state index in [1.165, 1.54) is 5.56 Å². The van der Waals surface area contributed by atoms with E-state index in [2.05, 4.69) is 22.9 Å². The first-order chi connectivity index (χ1) is 9.58. The maximum Gasteiger partial charge on any atom is 0.0638 e. The molecule has 0 atom stereocenters. The van der Waals surface area contributed by atoms with Crippen LogP contribution in [-0.2, 0) is 13.1 Å². The average molecular weight is 290 g/mol. The second-order valence-electron chi connectivity index (χ2n) is 4.93. The molecule has 3 nitrogen and oxygen atoms in total. The number of hydrogen-bond donors (Lipinski definition) is 1. The second-order valence-corrected chi connectivity index (χ2v) is 5.34. The minimum atomic E-state index is 0.618. The van der Waals surface area contributed by atoms with E-state index in [4.69, 9.17) is 17.3 Å². The fourth-order valence-corrected chi connectivity index (χ4v) is 2.33. The first kappa shape index (κ1) is 14.8. The van der Waals surface area contributed by atoms with Crippen LogP contribution in [0.3, 0.4) is 0 Å². The van der Waals surface area contributed by atoms with E-state index >= 15 is 0 Å². The summed E-state index contributed by atoms with van der Waals surface area (Å²) >= 11 is 6.07. The van der Waals surface area contributed by atoms with Gasteiger partial charge in [-0.2, -0.15) is 0 Å². The Labute approximate surface area is 125 Å². The number of pyridine rings is 1. The molecule has 0 fully saturated rings. The molecule has 106 valence electrons. The maximum atomic E-state index is 6.07. The van der Waals surface area contributed by atoms with Gasteiger partial charge in [-0.15, -0.1) is 0 Å². The zero-order chi connectivity index (χ0) is 14.5. The largest absolute Gasteiger partial charge is 0.398 e. The summed E-state index contributed by atoms with van der Waals surface area (Å²) < 4.78 is 0. The molecule has 0 aliphatic heterocycles. The number of nitrogen functional groups attached to an aromatic ring is 1. The third-order valence-electron chi connectivity index (χ3n) is 3.25. The summed E-state index contributed by atoms with van der Waals surface area (Å²) in [5.41, 5.74) is 9.67. The number of nitrogens with zero attached hydrogens (tertiary/aromatic N) is 2. The standard InChI is InChI=1S/C16H20ClN3/c1-3-20(11-14-6-4-5-12(2)19-14)10-13-7-8-16(18)15(17)9-13/h4-9H,3,10-11,18H2,1-2H3. The monoisotopic (exact) mass is 289 g/mol. The van der Waals surface area contributed by atoms with E-state index in [0.29, 0.717) is 10.7 Å². The lowest BCUT2D eigenvalue weighted by Gasteiger charge is -2.20. The van der Waals surface area contributed by atoms with Gasteiger partial charge in [-0.05, 0) is 43.3 Å². The summed E-state index contributed by atoms with van der Waals surface area (Å²) in [5, 5.41) is 0.618. The SMILES string of the molecule is CCN(Cc1ccc(N)c(Cl)c1)Cc1cccc(C)n1. The molecule has 0 unspecified atom stereocenters. The Morgan fingerprint density at radius 3 is 2.65 bits per heavy atom. The molecule has 0 spiro atoms. The first-order valence-corrected chi connectivity index (χ1v) is 7.15. The van der Waals surface area contributed by atoms with Crippen molar-refractivity contribution in [3.63, 3.8) is 0 Å². The number of halogens is 1. The van der Waals surface area contributed by atoms with Gasteiger partial charge in [-0.1, -0.05) is 30.7 Å². The topological polar surface area (TPSA) is 42.1 Å².